The van der Waals surface area contributed by atoms with Crippen molar-refractivity contribution in [3.8, 4) is 6.07 Å². The van der Waals surface area contributed by atoms with E-state index in [1.54, 1.807) is 12.1 Å². The number of hydrogen-bond acceptors (Lipinski definition) is 3. The third kappa shape index (κ3) is 3.03. The Labute approximate surface area is 136 Å². The average Bonchev–Trinajstić information content (AvgIpc) is 2.89. The molecule has 0 unspecified atom stereocenters. The topological polar surface area (TPSA) is 51.6 Å². The van der Waals surface area contributed by atoms with Gasteiger partial charge in [-0.15, -0.1) is 0 Å². The van der Waals surface area contributed by atoms with Crippen molar-refractivity contribution in [3.63, 3.8) is 0 Å². The van der Waals surface area contributed by atoms with E-state index < -0.39 is 0 Å². The molecular formula is C16H11ClFN3S. The molecule has 3 aromatic rings. The van der Waals surface area contributed by atoms with E-state index in [4.69, 9.17) is 16.9 Å². The van der Waals surface area contributed by atoms with Gasteiger partial charge in [0.1, 0.15) is 5.82 Å². The summed E-state index contributed by atoms with van der Waals surface area (Å²) in [6.07, 6.45) is 2.05. The van der Waals surface area contributed by atoms with Crippen LogP contribution >= 0.6 is 23.5 Å². The summed E-state index contributed by atoms with van der Waals surface area (Å²) in [4.78, 5) is 4.08. The Hall–Kier alpha value is -2.16. The van der Waals surface area contributed by atoms with E-state index in [1.807, 2.05) is 30.5 Å². The Morgan fingerprint density at radius 2 is 2.14 bits per heavy atom. The van der Waals surface area contributed by atoms with Gasteiger partial charge in [0, 0.05) is 22.1 Å². The van der Waals surface area contributed by atoms with Crippen molar-refractivity contribution < 1.29 is 4.39 Å². The molecule has 0 radical (unpaired) electrons. The van der Waals surface area contributed by atoms with Crippen molar-refractivity contribution in [2.75, 3.05) is 4.72 Å². The predicted molar refractivity (Wildman–Crippen MR) is 88.5 cm³/mol. The van der Waals surface area contributed by atoms with Gasteiger partial charge < -0.3 is 9.71 Å². The van der Waals surface area contributed by atoms with Gasteiger partial charge in [-0.3, -0.25) is 0 Å². The number of benzene rings is 2. The molecule has 0 saturated heterocycles. The number of aromatic amines is 1. The summed E-state index contributed by atoms with van der Waals surface area (Å²) < 4.78 is 17.0. The van der Waals surface area contributed by atoms with Crippen molar-refractivity contribution in [1.29, 1.82) is 5.26 Å². The van der Waals surface area contributed by atoms with E-state index in [0.29, 0.717) is 16.3 Å². The first-order chi connectivity index (χ1) is 10.7. The summed E-state index contributed by atoms with van der Waals surface area (Å²) in [6, 6.07) is 12.3. The zero-order valence-electron chi connectivity index (χ0n) is 11.4. The number of halogens is 2. The fraction of sp³-hybridized carbons (Fsp3) is 0.0625. The Balaban J connectivity index is 1.78. The van der Waals surface area contributed by atoms with E-state index >= 15 is 0 Å². The van der Waals surface area contributed by atoms with Gasteiger partial charge in [-0.05, 0) is 41.8 Å². The number of rotatable bonds is 4. The maximum absolute atomic E-state index is 14.0. The van der Waals surface area contributed by atoms with E-state index in [1.165, 1.54) is 18.0 Å². The van der Waals surface area contributed by atoms with Crippen LogP contribution in [0.1, 0.15) is 5.56 Å². The normalized spacial score (nSPS) is 10.6. The van der Waals surface area contributed by atoms with Crippen LogP contribution in [0.2, 0.25) is 5.02 Å². The third-order valence-corrected chi connectivity index (χ3v) is 4.31. The van der Waals surface area contributed by atoms with Crippen LogP contribution in [0.3, 0.4) is 0 Å². The molecular weight excluding hydrogens is 321 g/mol. The Bertz CT molecular complexity index is 869. The second-order valence-electron chi connectivity index (χ2n) is 4.70. The van der Waals surface area contributed by atoms with Crippen molar-refractivity contribution in [2.24, 2.45) is 0 Å². The summed E-state index contributed by atoms with van der Waals surface area (Å²) in [5, 5.41) is 10.3. The van der Waals surface area contributed by atoms with Gasteiger partial charge >= 0.3 is 0 Å². The maximum Gasteiger partial charge on any atom is 0.147 e. The predicted octanol–water partition coefficient (Wildman–Crippen LogP) is 5.15. The lowest BCUT2D eigenvalue weighted by molar-refractivity contribution is 0.631. The molecule has 0 aliphatic heterocycles. The average molecular weight is 332 g/mol. The number of H-pyrrole nitrogens is 1. The highest BCUT2D eigenvalue weighted by atomic mass is 35.5. The van der Waals surface area contributed by atoms with Crippen LogP contribution in [0.5, 0.6) is 0 Å². The Morgan fingerprint density at radius 1 is 1.27 bits per heavy atom. The Kier molecular flexibility index (Phi) is 4.23. The highest BCUT2D eigenvalue weighted by molar-refractivity contribution is 8.00. The summed E-state index contributed by atoms with van der Waals surface area (Å²) in [6.45, 7) is 0. The number of aromatic nitrogens is 1. The molecule has 2 N–H and O–H groups in total. The quantitative estimate of drug-likeness (QED) is 0.650. The fourth-order valence-corrected chi connectivity index (χ4v) is 3.07. The van der Waals surface area contributed by atoms with Gasteiger partial charge in [-0.25, -0.2) is 4.39 Å². The highest BCUT2D eigenvalue weighted by Gasteiger charge is 2.08. The molecule has 1 aromatic heterocycles. The van der Waals surface area contributed by atoms with Crippen LogP contribution in [0, 0.1) is 17.1 Å². The van der Waals surface area contributed by atoms with Gasteiger partial charge in [-0.1, -0.05) is 23.7 Å². The van der Waals surface area contributed by atoms with Crippen LogP contribution in [0.25, 0.3) is 10.9 Å². The SMILES string of the molecule is N#CCc1ccc(NSc2c[nH]c3cc(Cl)ccc23)c(F)c1. The van der Waals surface area contributed by atoms with Gasteiger partial charge in [-0.2, -0.15) is 5.26 Å². The van der Waals surface area contributed by atoms with E-state index in [-0.39, 0.29) is 12.2 Å². The number of anilines is 1. The molecule has 0 aliphatic carbocycles. The third-order valence-electron chi connectivity index (χ3n) is 3.19. The first-order valence-corrected chi connectivity index (χ1v) is 7.71. The van der Waals surface area contributed by atoms with Crippen LogP contribution in [-0.2, 0) is 6.42 Å². The molecule has 0 fully saturated rings. The van der Waals surface area contributed by atoms with E-state index in [9.17, 15) is 4.39 Å². The molecule has 22 heavy (non-hydrogen) atoms. The van der Waals surface area contributed by atoms with Crippen LogP contribution < -0.4 is 4.72 Å². The molecule has 3 rings (SSSR count). The largest absolute Gasteiger partial charge is 0.360 e. The van der Waals surface area contributed by atoms with Gasteiger partial charge in [0.2, 0.25) is 0 Å². The van der Waals surface area contributed by atoms with Gasteiger partial charge in [0.25, 0.3) is 0 Å². The zero-order chi connectivity index (χ0) is 15.5. The smallest absolute Gasteiger partial charge is 0.147 e. The summed E-state index contributed by atoms with van der Waals surface area (Å²) in [7, 11) is 0. The molecule has 0 aliphatic rings. The molecule has 110 valence electrons. The van der Waals surface area contributed by atoms with Crippen LogP contribution in [0.15, 0.2) is 47.5 Å². The molecule has 0 amide bonds. The molecule has 0 saturated carbocycles. The zero-order valence-corrected chi connectivity index (χ0v) is 12.9. The standard InChI is InChI=1S/C16H11ClFN3S/c17-11-2-3-12-15(8-11)20-9-16(12)22-21-14-4-1-10(5-6-19)7-13(14)18/h1-4,7-9,20-21H,5H2. The minimum Gasteiger partial charge on any atom is -0.360 e. The Morgan fingerprint density at radius 3 is 2.91 bits per heavy atom. The van der Waals surface area contributed by atoms with Crippen molar-refractivity contribution in [3.05, 3.63) is 59.0 Å². The first kappa shape index (κ1) is 14.8. The molecule has 1 heterocycles. The van der Waals surface area contributed by atoms with Gasteiger partial charge in [0.05, 0.1) is 23.1 Å². The highest BCUT2D eigenvalue weighted by Crippen LogP contribution is 2.31. The lowest BCUT2D eigenvalue weighted by atomic mass is 10.1. The second kappa shape index (κ2) is 6.30. The molecule has 0 spiro atoms. The number of fused-ring (bicyclic) bond motifs is 1. The summed E-state index contributed by atoms with van der Waals surface area (Å²) in [5.41, 5.74) is 1.98. The van der Waals surface area contributed by atoms with Crippen molar-refractivity contribution in [2.45, 2.75) is 11.3 Å². The molecule has 6 heteroatoms. The number of nitrogens with zero attached hydrogens (tertiary/aromatic N) is 1. The van der Waals surface area contributed by atoms with Crippen molar-refractivity contribution in [1.82, 2.24) is 4.98 Å². The molecule has 0 atom stereocenters. The lowest BCUT2D eigenvalue weighted by Crippen LogP contribution is -1.92. The fourth-order valence-electron chi connectivity index (χ4n) is 2.11. The monoisotopic (exact) mass is 331 g/mol. The second-order valence-corrected chi connectivity index (χ2v) is 5.98. The molecule has 3 nitrogen and oxygen atoms in total. The molecule has 2 aromatic carbocycles. The van der Waals surface area contributed by atoms with Crippen LogP contribution in [0.4, 0.5) is 10.1 Å². The lowest BCUT2D eigenvalue weighted by Gasteiger charge is -2.07. The number of nitriles is 1. The van der Waals surface area contributed by atoms with Crippen molar-refractivity contribution >= 4 is 40.1 Å². The van der Waals surface area contributed by atoms with Gasteiger partial charge in [0.15, 0.2) is 0 Å². The van der Waals surface area contributed by atoms with Crippen LogP contribution in [-0.4, -0.2) is 4.98 Å². The molecule has 0 bridgehead atoms. The van der Waals surface area contributed by atoms with E-state index in [2.05, 4.69) is 9.71 Å². The number of hydrogen-bond donors (Lipinski definition) is 2. The maximum atomic E-state index is 14.0. The first-order valence-electron chi connectivity index (χ1n) is 6.52. The summed E-state index contributed by atoms with van der Waals surface area (Å²) in [5.74, 6) is -0.372. The van der Waals surface area contributed by atoms with E-state index in [0.717, 1.165) is 15.8 Å². The minimum absolute atomic E-state index is 0.202. The summed E-state index contributed by atoms with van der Waals surface area (Å²) >= 11 is 7.27. The number of nitrogens with one attached hydrogen (secondary N) is 2. The minimum atomic E-state index is -0.372.